The van der Waals surface area contributed by atoms with Crippen LogP contribution in [0.5, 0.6) is 0 Å². The Morgan fingerprint density at radius 3 is 2.65 bits per heavy atom. The molecule has 0 radical (unpaired) electrons. The highest BCUT2D eigenvalue weighted by Gasteiger charge is 2.30. The number of anilines is 1. The van der Waals surface area contributed by atoms with Gasteiger partial charge in [-0.1, -0.05) is 17.4 Å². The zero-order valence-corrected chi connectivity index (χ0v) is 14.4. The van der Waals surface area contributed by atoms with Crippen LogP contribution in [0, 0.1) is 12.8 Å². The summed E-state index contributed by atoms with van der Waals surface area (Å²) in [5.41, 5.74) is 2.37. The molecular weight excluding hydrogens is 306 g/mol. The molecule has 0 unspecified atom stereocenters. The SMILES string of the molecule is Cc1ccc2nc(N3CCC(C(=O)N4CCCC4)CC3)sc2c1. The van der Waals surface area contributed by atoms with E-state index in [1.165, 1.54) is 23.1 Å². The molecule has 23 heavy (non-hydrogen) atoms. The van der Waals surface area contributed by atoms with Gasteiger partial charge in [0.15, 0.2) is 5.13 Å². The van der Waals surface area contributed by atoms with Crippen LogP contribution in [0.4, 0.5) is 5.13 Å². The molecule has 2 fully saturated rings. The number of fused-ring (bicyclic) bond motifs is 1. The fourth-order valence-corrected chi connectivity index (χ4v) is 4.78. The van der Waals surface area contributed by atoms with Crippen LogP contribution in [-0.2, 0) is 4.79 Å². The Balaban J connectivity index is 1.43. The first-order chi connectivity index (χ1) is 11.2. The van der Waals surface area contributed by atoms with Gasteiger partial charge in [0.25, 0.3) is 0 Å². The van der Waals surface area contributed by atoms with Gasteiger partial charge in [-0.05, 0) is 50.3 Å². The van der Waals surface area contributed by atoms with Gasteiger partial charge < -0.3 is 9.80 Å². The summed E-state index contributed by atoms with van der Waals surface area (Å²) in [7, 11) is 0. The van der Waals surface area contributed by atoms with Crippen LogP contribution >= 0.6 is 11.3 Å². The fraction of sp³-hybridized carbons (Fsp3) is 0.556. The number of piperidine rings is 1. The van der Waals surface area contributed by atoms with E-state index < -0.39 is 0 Å². The summed E-state index contributed by atoms with van der Waals surface area (Å²) in [6, 6.07) is 6.43. The Kier molecular flexibility index (Phi) is 3.97. The molecule has 2 saturated heterocycles. The molecule has 0 aliphatic carbocycles. The molecule has 4 nitrogen and oxygen atoms in total. The number of hydrogen-bond acceptors (Lipinski definition) is 4. The Morgan fingerprint density at radius 1 is 1.17 bits per heavy atom. The summed E-state index contributed by atoms with van der Waals surface area (Å²) < 4.78 is 1.26. The first-order valence-electron chi connectivity index (χ1n) is 8.61. The molecule has 122 valence electrons. The van der Waals surface area contributed by atoms with E-state index in [0.717, 1.165) is 49.7 Å². The van der Waals surface area contributed by atoms with Gasteiger partial charge >= 0.3 is 0 Å². The highest BCUT2D eigenvalue weighted by Crippen LogP contribution is 2.32. The van der Waals surface area contributed by atoms with E-state index in [1.54, 1.807) is 11.3 Å². The summed E-state index contributed by atoms with van der Waals surface area (Å²) >= 11 is 1.77. The predicted molar refractivity (Wildman–Crippen MR) is 95.1 cm³/mol. The molecule has 3 heterocycles. The van der Waals surface area contributed by atoms with E-state index in [-0.39, 0.29) is 5.92 Å². The number of amides is 1. The normalized spacial score (nSPS) is 19.7. The monoisotopic (exact) mass is 329 g/mol. The lowest BCUT2D eigenvalue weighted by atomic mass is 9.95. The van der Waals surface area contributed by atoms with Crippen LogP contribution in [0.2, 0.25) is 0 Å². The molecule has 0 spiro atoms. The van der Waals surface area contributed by atoms with Crippen molar-refractivity contribution in [1.29, 1.82) is 0 Å². The number of carbonyl (C=O) groups is 1. The van der Waals surface area contributed by atoms with E-state index in [1.807, 2.05) is 0 Å². The minimum Gasteiger partial charge on any atom is -0.348 e. The van der Waals surface area contributed by atoms with Gasteiger partial charge in [0.1, 0.15) is 0 Å². The molecule has 1 aromatic carbocycles. The van der Waals surface area contributed by atoms with Crippen molar-refractivity contribution >= 4 is 32.6 Å². The average Bonchev–Trinajstić information content (AvgIpc) is 3.23. The minimum atomic E-state index is 0.223. The number of carbonyl (C=O) groups excluding carboxylic acids is 1. The summed E-state index contributed by atoms with van der Waals surface area (Å²) in [6.07, 6.45) is 4.28. The second-order valence-electron chi connectivity index (χ2n) is 6.76. The van der Waals surface area contributed by atoms with Gasteiger partial charge in [0, 0.05) is 32.1 Å². The van der Waals surface area contributed by atoms with Crippen LogP contribution in [0.15, 0.2) is 18.2 Å². The standard InChI is InChI=1S/C18H23N3OS/c1-13-4-5-15-16(12-13)23-18(19-15)21-10-6-14(7-11-21)17(22)20-8-2-3-9-20/h4-5,12,14H,2-3,6-11H2,1H3. The van der Waals surface area contributed by atoms with E-state index in [4.69, 9.17) is 4.98 Å². The molecule has 2 aliphatic rings. The van der Waals surface area contributed by atoms with Crippen molar-refractivity contribution in [3.63, 3.8) is 0 Å². The van der Waals surface area contributed by atoms with Crippen LogP contribution < -0.4 is 4.90 Å². The van der Waals surface area contributed by atoms with E-state index in [2.05, 4.69) is 34.9 Å². The maximum absolute atomic E-state index is 12.5. The Morgan fingerprint density at radius 2 is 1.91 bits per heavy atom. The highest BCUT2D eigenvalue weighted by atomic mass is 32.1. The van der Waals surface area contributed by atoms with E-state index in [9.17, 15) is 4.79 Å². The minimum absolute atomic E-state index is 0.223. The smallest absolute Gasteiger partial charge is 0.225 e. The Labute approximate surface area is 141 Å². The van der Waals surface area contributed by atoms with Crippen LogP contribution in [0.3, 0.4) is 0 Å². The molecule has 0 bridgehead atoms. The predicted octanol–water partition coefficient (Wildman–Crippen LogP) is 3.44. The third-order valence-corrected chi connectivity index (χ3v) is 6.14. The molecule has 1 aromatic heterocycles. The second kappa shape index (κ2) is 6.11. The molecule has 0 atom stereocenters. The number of benzene rings is 1. The van der Waals surface area contributed by atoms with E-state index >= 15 is 0 Å². The van der Waals surface area contributed by atoms with Crippen molar-refractivity contribution in [2.75, 3.05) is 31.1 Å². The number of thiazole rings is 1. The van der Waals surface area contributed by atoms with Crippen molar-refractivity contribution in [1.82, 2.24) is 9.88 Å². The zero-order chi connectivity index (χ0) is 15.8. The van der Waals surface area contributed by atoms with Gasteiger partial charge in [0.05, 0.1) is 10.2 Å². The first-order valence-corrected chi connectivity index (χ1v) is 9.43. The number of aryl methyl sites for hydroxylation is 1. The van der Waals surface area contributed by atoms with Crippen LogP contribution in [0.25, 0.3) is 10.2 Å². The third-order valence-electron chi connectivity index (χ3n) is 5.07. The topological polar surface area (TPSA) is 36.4 Å². The maximum atomic E-state index is 12.5. The number of rotatable bonds is 2. The Hall–Kier alpha value is -1.62. The number of nitrogens with zero attached hydrogens (tertiary/aromatic N) is 3. The zero-order valence-electron chi connectivity index (χ0n) is 13.6. The molecule has 2 aliphatic heterocycles. The van der Waals surface area contributed by atoms with E-state index in [0.29, 0.717) is 5.91 Å². The molecule has 5 heteroatoms. The lowest BCUT2D eigenvalue weighted by Crippen LogP contribution is -2.41. The molecule has 1 amide bonds. The van der Waals surface area contributed by atoms with Crippen molar-refractivity contribution in [3.05, 3.63) is 23.8 Å². The average molecular weight is 329 g/mol. The van der Waals surface area contributed by atoms with Crippen LogP contribution in [0.1, 0.15) is 31.2 Å². The second-order valence-corrected chi connectivity index (χ2v) is 7.77. The number of aromatic nitrogens is 1. The summed E-state index contributed by atoms with van der Waals surface area (Å²) in [5, 5.41) is 1.11. The van der Waals surface area contributed by atoms with Crippen molar-refractivity contribution in [2.24, 2.45) is 5.92 Å². The Bertz CT molecular complexity index is 712. The first kappa shape index (κ1) is 14.9. The van der Waals surface area contributed by atoms with Gasteiger partial charge in [-0.15, -0.1) is 0 Å². The largest absolute Gasteiger partial charge is 0.348 e. The number of hydrogen-bond donors (Lipinski definition) is 0. The summed E-state index contributed by atoms with van der Waals surface area (Å²) in [6.45, 7) is 5.95. The van der Waals surface area contributed by atoms with Gasteiger partial charge in [0.2, 0.25) is 5.91 Å². The van der Waals surface area contributed by atoms with Crippen molar-refractivity contribution in [3.8, 4) is 0 Å². The van der Waals surface area contributed by atoms with Crippen LogP contribution in [-0.4, -0.2) is 42.0 Å². The lowest BCUT2D eigenvalue weighted by molar-refractivity contribution is -0.135. The fourth-order valence-electron chi connectivity index (χ4n) is 3.67. The van der Waals surface area contributed by atoms with Crippen molar-refractivity contribution < 1.29 is 4.79 Å². The van der Waals surface area contributed by atoms with Gasteiger partial charge in [-0.3, -0.25) is 4.79 Å². The summed E-state index contributed by atoms with van der Waals surface area (Å²) in [5.74, 6) is 0.614. The molecule has 2 aromatic rings. The molecular formula is C18H23N3OS. The summed E-state index contributed by atoms with van der Waals surface area (Å²) in [4.78, 5) is 21.7. The van der Waals surface area contributed by atoms with Gasteiger partial charge in [-0.2, -0.15) is 0 Å². The molecule has 0 N–H and O–H groups in total. The molecule has 0 saturated carbocycles. The number of likely N-dealkylation sites (tertiary alicyclic amines) is 1. The lowest BCUT2D eigenvalue weighted by Gasteiger charge is -2.32. The van der Waals surface area contributed by atoms with Gasteiger partial charge in [-0.25, -0.2) is 4.98 Å². The quantitative estimate of drug-likeness (QED) is 0.847. The maximum Gasteiger partial charge on any atom is 0.225 e. The third kappa shape index (κ3) is 2.94. The molecule has 4 rings (SSSR count). The highest BCUT2D eigenvalue weighted by molar-refractivity contribution is 7.22. The van der Waals surface area contributed by atoms with Crippen molar-refractivity contribution in [2.45, 2.75) is 32.6 Å².